The number of carbonyl (C=O) groups excluding carboxylic acids is 1. The van der Waals surface area contributed by atoms with Crippen LogP contribution in [-0.2, 0) is 22.5 Å². The van der Waals surface area contributed by atoms with Gasteiger partial charge in [0.25, 0.3) is 0 Å². The SMILES string of the molecule is CCOC(=O)[C@H]1Cc2c(OC)ccc(OC)c2CN1. The Labute approximate surface area is 112 Å². The molecule has 0 bridgehead atoms. The van der Waals surface area contributed by atoms with Gasteiger partial charge in [-0.05, 0) is 19.1 Å². The molecule has 2 rings (SSSR count). The molecule has 1 heterocycles. The van der Waals surface area contributed by atoms with Crippen molar-refractivity contribution in [3.63, 3.8) is 0 Å². The minimum Gasteiger partial charge on any atom is -0.496 e. The Bertz CT molecular complexity index is 473. The van der Waals surface area contributed by atoms with E-state index in [-0.39, 0.29) is 12.0 Å². The standard InChI is InChI=1S/C14H19NO4/c1-4-19-14(16)11-7-9-10(8-15-11)13(18-3)6-5-12(9)17-2/h5-6,11,15H,4,7-8H2,1-3H3/t11-/m1/s1. The van der Waals surface area contributed by atoms with Crippen molar-refractivity contribution in [2.75, 3.05) is 20.8 Å². The van der Waals surface area contributed by atoms with Crippen LogP contribution in [0.2, 0.25) is 0 Å². The highest BCUT2D eigenvalue weighted by Gasteiger charge is 2.29. The number of methoxy groups -OCH3 is 2. The van der Waals surface area contributed by atoms with E-state index in [4.69, 9.17) is 14.2 Å². The first-order valence-corrected chi connectivity index (χ1v) is 6.34. The van der Waals surface area contributed by atoms with E-state index in [1.54, 1.807) is 21.1 Å². The molecule has 0 spiro atoms. The van der Waals surface area contributed by atoms with E-state index in [0.29, 0.717) is 19.6 Å². The molecule has 0 fully saturated rings. The van der Waals surface area contributed by atoms with E-state index in [1.807, 2.05) is 12.1 Å². The topological polar surface area (TPSA) is 56.8 Å². The van der Waals surface area contributed by atoms with Crippen LogP contribution < -0.4 is 14.8 Å². The zero-order valence-corrected chi connectivity index (χ0v) is 11.5. The summed E-state index contributed by atoms with van der Waals surface area (Å²) in [4.78, 5) is 11.8. The van der Waals surface area contributed by atoms with Gasteiger partial charge in [0.2, 0.25) is 0 Å². The van der Waals surface area contributed by atoms with Crippen LogP contribution in [0.25, 0.3) is 0 Å². The molecule has 5 heteroatoms. The lowest BCUT2D eigenvalue weighted by Gasteiger charge is -2.27. The number of nitrogens with one attached hydrogen (secondary N) is 1. The summed E-state index contributed by atoms with van der Waals surface area (Å²) in [7, 11) is 3.27. The quantitative estimate of drug-likeness (QED) is 0.831. The molecule has 0 aromatic heterocycles. The molecule has 1 aromatic carbocycles. The minimum atomic E-state index is -0.326. The molecule has 0 saturated heterocycles. The van der Waals surface area contributed by atoms with Gasteiger partial charge in [-0.25, -0.2) is 0 Å². The van der Waals surface area contributed by atoms with Gasteiger partial charge in [0.15, 0.2) is 0 Å². The number of hydrogen-bond acceptors (Lipinski definition) is 5. The Morgan fingerprint density at radius 1 is 1.26 bits per heavy atom. The average Bonchev–Trinajstić information content (AvgIpc) is 2.45. The van der Waals surface area contributed by atoms with Gasteiger partial charge in [0.1, 0.15) is 17.5 Å². The second kappa shape index (κ2) is 5.93. The molecule has 0 radical (unpaired) electrons. The maximum absolute atomic E-state index is 11.8. The van der Waals surface area contributed by atoms with Crippen molar-refractivity contribution >= 4 is 5.97 Å². The highest BCUT2D eigenvalue weighted by molar-refractivity contribution is 5.77. The van der Waals surface area contributed by atoms with Gasteiger partial charge < -0.3 is 14.2 Å². The van der Waals surface area contributed by atoms with Gasteiger partial charge in [-0.2, -0.15) is 0 Å². The fourth-order valence-electron chi connectivity index (χ4n) is 2.36. The lowest BCUT2D eigenvalue weighted by Crippen LogP contribution is -2.43. The molecule has 1 N–H and O–H groups in total. The van der Waals surface area contributed by atoms with Gasteiger partial charge in [-0.15, -0.1) is 0 Å². The van der Waals surface area contributed by atoms with Gasteiger partial charge in [0, 0.05) is 24.1 Å². The molecule has 1 aliphatic rings. The summed E-state index contributed by atoms with van der Waals surface area (Å²) in [5.41, 5.74) is 2.06. The molecule has 5 nitrogen and oxygen atoms in total. The summed E-state index contributed by atoms with van der Waals surface area (Å²) in [6.07, 6.45) is 0.550. The van der Waals surface area contributed by atoms with Gasteiger partial charge in [0.05, 0.1) is 20.8 Å². The highest BCUT2D eigenvalue weighted by atomic mass is 16.5. The highest BCUT2D eigenvalue weighted by Crippen LogP contribution is 2.33. The monoisotopic (exact) mass is 265 g/mol. The average molecular weight is 265 g/mol. The van der Waals surface area contributed by atoms with Crippen LogP contribution in [-0.4, -0.2) is 32.8 Å². The summed E-state index contributed by atoms with van der Waals surface area (Å²) in [5.74, 6) is 1.37. The molecule has 19 heavy (non-hydrogen) atoms. The molecule has 0 amide bonds. The predicted molar refractivity (Wildman–Crippen MR) is 70.5 cm³/mol. The van der Waals surface area contributed by atoms with Crippen LogP contribution in [0.3, 0.4) is 0 Å². The zero-order valence-electron chi connectivity index (χ0n) is 11.5. The van der Waals surface area contributed by atoms with Crippen LogP contribution in [0.1, 0.15) is 18.1 Å². The van der Waals surface area contributed by atoms with Gasteiger partial charge >= 0.3 is 5.97 Å². The van der Waals surface area contributed by atoms with Crippen molar-refractivity contribution in [2.24, 2.45) is 0 Å². The second-order valence-corrected chi connectivity index (χ2v) is 4.32. The fraction of sp³-hybridized carbons (Fsp3) is 0.500. The Balaban J connectivity index is 2.30. The van der Waals surface area contributed by atoms with Crippen LogP contribution in [0.15, 0.2) is 12.1 Å². The van der Waals surface area contributed by atoms with E-state index in [1.165, 1.54) is 0 Å². The number of rotatable bonds is 4. The summed E-state index contributed by atoms with van der Waals surface area (Å²) in [6, 6.07) is 3.42. The molecule has 104 valence electrons. The number of esters is 1. The molecule has 1 atom stereocenters. The molecule has 0 aliphatic carbocycles. The Morgan fingerprint density at radius 3 is 2.47 bits per heavy atom. The first-order chi connectivity index (χ1) is 9.21. The first kappa shape index (κ1) is 13.7. The summed E-state index contributed by atoms with van der Waals surface area (Å²) >= 11 is 0. The number of benzene rings is 1. The normalized spacial score (nSPS) is 17.5. The molecule has 0 unspecified atom stereocenters. The summed E-state index contributed by atoms with van der Waals surface area (Å²) < 4.78 is 15.8. The largest absolute Gasteiger partial charge is 0.496 e. The fourth-order valence-corrected chi connectivity index (χ4v) is 2.36. The van der Waals surface area contributed by atoms with Crippen molar-refractivity contribution in [3.05, 3.63) is 23.3 Å². The Hall–Kier alpha value is -1.75. The lowest BCUT2D eigenvalue weighted by molar-refractivity contribution is -0.145. The summed E-state index contributed by atoms with van der Waals surface area (Å²) in [6.45, 7) is 2.76. The van der Waals surface area contributed by atoms with E-state index in [2.05, 4.69) is 5.32 Å². The third-order valence-electron chi connectivity index (χ3n) is 3.29. The van der Waals surface area contributed by atoms with Crippen molar-refractivity contribution in [2.45, 2.75) is 25.9 Å². The van der Waals surface area contributed by atoms with Crippen LogP contribution in [0.4, 0.5) is 0 Å². The number of ether oxygens (including phenoxy) is 3. The Kier molecular flexibility index (Phi) is 4.27. The molecule has 1 aliphatic heterocycles. The van der Waals surface area contributed by atoms with E-state index < -0.39 is 0 Å². The number of carbonyl (C=O) groups is 1. The van der Waals surface area contributed by atoms with Crippen molar-refractivity contribution < 1.29 is 19.0 Å². The minimum absolute atomic E-state index is 0.224. The van der Waals surface area contributed by atoms with Crippen molar-refractivity contribution in [3.8, 4) is 11.5 Å². The van der Waals surface area contributed by atoms with Gasteiger partial charge in [-0.3, -0.25) is 10.1 Å². The van der Waals surface area contributed by atoms with Crippen LogP contribution in [0.5, 0.6) is 11.5 Å². The van der Waals surface area contributed by atoms with E-state index >= 15 is 0 Å². The maximum atomic E-state index is 11.8. The third-order valence-corrected chi connectivity index (χ3v) is 3.29. The predicted octanol–water partition coefficient (Wildman–Crippen LogP) is 1.28. The second-order valence-electron chi connectivity index (χ2n) is 4.32. The van der Waals surface area contributed by atoms with Crippen molar-refractivity contribution in [1.29, 1.82) is 0 Å². The zero-order chi connectivity index (χ0) is 13.8. The van der Waals surface area contributed by atoms with Crippen LogP contribution in [0, 0.1) is 0 Å². The third kappa shape index (κ3) is 2.66. The molecule has 0 saturated carbocycles. The van der Waals surface area contributed by atoms with E-state index in [9.17, 15) is 4.79 Å². The summed E-state index contributed by atoms with van der Waals surface area (Å²) in [5, 5.41) is 3.18. The Morgan fingerprint density at radius 2 is 1.89 bits per heavy atom. The number of hydrogen-bond donors (Lipinski definition) is 1. The van der Waals surface area contributed by atoms with Crippen LogP contribution >= 0.6 is 0 Å². The maximum Gasteiger partial charge on any atom is 0.323 e. The first-order valence-electron chi connectivity index (χ1n) is 6.34. The molecule has 1 aromatic rings. The molecular formula is C14H19NO4. The smallest absolute Gasteiger partial charge is 0.323 e. The van der Waals surface area contributed by atoms with Crippen molar-refractivity contribution in [1.82, 2.24) is 5.32 Å². The number of fused-ring (bicyclic) bond motifs is 1. The van der Waals surface area contributed by atoms with Gasteiger partial charge in [-0.1, -0.05) is 0 Å². The molecular weight excluding hydrogens is 246 g/mol. The lowest BCUT2D eigenvalue weighted by atomic mass is 9.94. The van der Waals surface area contributed by atoms with E-state index in [0.717, 1.165) is 22.6 Å².